The minimum Gasteiger partial charge on any atom is -0.457 e. The highest BCUT2D eigenvalue weighted by Gasteiger charge is 2.46. The molecular formula is C75H62N4O. The van der Waals surface area contributed by atoms with Gasteiger partial charge in [-0.15, -0.1) is 0 Å². The van der Waals surface area contributed by atoms with E-state index in [0.717, 1.165) is 67.3 Å². The summed E-state index contributed by atoms with van der Waals surface area (Å²) in [6, 6.07) is 90.8. The SMILES string of the molecule is CC(C)(C)c1cc(-c2ccccc2)c(N2CN(c3ccc(C(C)(C)C)c(Oc4ccc5c6ccccc6n(-c6cc(C7(c8ccccc8)c8ccccc8-c8ccccc87)ccn6)c5c4)c3)c3ccccc32)c(-c2ccccc2)c1. The number of nitrogens with zero attached hydrogens (tertiary/aromatic N) is 4. The molecule has 5 nitrogen and oxygen atoms in total. The van der Waals surface area contributed by atoms with Gasteiger partial charge in [-0.3, -0.25) is 4.57 Å². The quantitative estimate of drug-likeness (QED) is 0.144. The van der Waals surface area contributed by atoms with Crippen LogP contribution >= 0.6 is 0 Å². The van der Waals surface area contributed by atoms with Crippen molar-refractivity contribution in [1.29, 1.82) is 0 Å². The molecule has 80 heavy (non-hydrogen) atoms. The molecular weight excluding hydrogens is 973 g/mol. The van der Waals surface area contributed by atoms with Gasteiger partial charge >= 0.3 is 0 Å². The molecule has 0 unspecified atom stereocenters. The van der Waals surface area contributed by atoms with Crippen molar-refractivity contribution in [3.05, 3.63) is 288 Å². The Morgan fingerprint density at radius 2 is 1.00 bits per heavy atom. The maximum absolute atomic E-state index is 7.31. The van der Waals surface area contributed by atoms with Crippen molar-refractivity contribution in [3.63, 3.8) is 0 Å². The largest absolute Gasteiger partial charge is 0.457 e. The molecule has 0 radical (unpaired) electrons. The summed E-state index contributed by atoms with van der Waals surface area (Å²) in [4.78, 5) is 10.2. The normalized spacial score (nSPS) is 13.6. The number of para-hydroxylation sites is 3. The van der Waals surface area contributed by atoms with Crippen molar-refractivity contribution in [2.75, 3.05) is 16.5 Å². The van der Waals surface area contributed by atoms with Crippen LogP contribution in [-0.4, -0.2) is 16.2 Å². The van der Waals surface area contributed by atoms with Crippen LogP contribution in [0.4, 0.5) is 22.7 Å². The first kappa shape index (κ1) is 48.9. The van der Waals surface area contributed by atoms with Crippen LogP contribution in [0.3, 0.4) is 0 Å². The van der Waals surface area contributed by atoms with Crippen molar-refractivity contribution in [3.8, 4) is 50.7 Å². The topological polar surface area (TPSA) is 33.5 Å². The minimum absolute atomic E-state index is 0.0726. The Kier molecular flexibility index (Phi) is 11.5. The smallest absolute Gasteiger partial charge is 0.137 e. The van der Waals surface area contributed by atoms with Gasteiger partial charge in [0.1, 0.15) is 24.0 Å². The molecule has 0 saturated carbocycles. The van der Waals surface area contributed by atoms with E-state index in [0.29, 0.717) is 6.67 Å². The maximum Gasteiger partial charge on any atom is 0.137 e. The van der Waals surface area contributed by atoms with E-state index in [-0.39, 0.29) is 10.8 Å². The molecule has 10 aromatic carbocycles. The van der Waals surface area contributed by atoms with Crippen LogP contribution in [-0.2, 0) is 16.2 Å². The average molecular weight is 1040 g/mol. The van der Waals surface area contributed by atoms with E-state index >= 15 is 0 Å². The van der Waals surface area contributed by atoms with E-state index in [1.165, 1.54) is 61.3 Å². The van der Waals surface area contributed by atoms with Gasteiger partial charge in [-0.1, -0.05) is 217 Å². The van der Waals surface area contributed by atoms with E-state index in [2.05, 4.69) is 305 Å². The number of pyridine rings is 1. The molecule has 0 saturated heterocycles. The number of ether oxygens (including phenoxy) is 1. The molecule has 3 heterocycles. The molecule has 12 aromatic rings. The fraction of sp³-hybridized carbons (Fsp3) is 0.133. The van der Waals surface area contributed by atoms with Gasteiger partial charge in [0.25, 0.3) is 0 Å². The highest BCUT2D eigenvalue weighted by molar-refractivity contribution is 6.09. The molecule has 0 bridgehead atoms. The number of anilines is 4. The Hall–Kier alpha value is -9.45. The second-order valence-corrected chi connectivity index (χ2v) is 23.6. The minimum atomic E-state index is -0.564. The lowest BCUT2D eigenvalue weighted by Gasteiger charge is -2.34. The van der Waals surface area contributed by atoms with E-state index in [9.17, 15) is 0 Å². The van der Waals surface area contributed by atoms with Gasteiger partial charge in [-0.2, -0.15) is 0 Å². The first-order valence-electron chi connectivity index (χ1n) is 28.0. The molecule has 0 amide bonds. The van der Waals surface area contributed by atoms with Gasteiger partial charge in [0.2, 0.25) is 0 Å². The molecule has 14 rings (SSSR count). The number of hydrogen-bond donors (Lipinski definition) is 0. The monoisotopic (exact) mass is 1030 g/mol. The second-order valence-electron chi connectivity index (χ2n) is 23.6. The highest BCUT2D eigenvalue weighted by atomic mass is 16.5. The Morgan fingerprint density at radius 3 is 1.64 bits per heavy atom. The molecule has 388 valence electrons. The lowest BCUT2D eigenvalue weighted by Crippen LogP contribution is -2.28. The molecule has 0 N–H and O–H groups in total. The van der Waals surface area contributed by atoms with Crippen LogP contribution < -0.4 is 14.5 Å². The van der Waals surface area contributed by atoms with Crippen molar-refractivity contribution in [2.45, 2.75) is 57.8 Å². The number of rotatable bonds is 9. The lowest BCUT2D eigenvalue weighted by atomic mass is 9.68. The van der Waals surface area contributed by atoms with Crippen LogP contribution in [0.5, 0.6) is 11.5 Å². The molecule has 0 atom stereocenters. The molecule has 0 spiro atoms. The summed E-state index contributed by atoms with van der Waals surface area (Å²) in [6.07, 6.45) is 1.99. The molecule has 0 fully saturated rings. The number of hydrogen-bond acceptors (Lipinski definition) is 4. The standard InChI is InChI=1S/C75H62N4O/c1-73(2,3)54-44-61(50-24-10-7-11-25-50)72(62(45-54)51-26-12-8-13-27-51)78-49-77(67-36-22-23-37-68(67)78)55-38-41-65(74(4,5)6)70(47-55)80-56-39-40-60-59-32-18-21-35-66(59)79(69(60)48-56)71-46-53(42-43-76-71)75(52-28-14-9-15-29-52)63-33-19-16-30-57(63)58-31-17-20-34-64(58)75/h7-48H,49H2,1-6H3. The fourth-order valence-corrected chi connectivity index (χ4v) is 12.9. The molecule has 2 aliphatic rings. The Labute approximate surface area is 469 Å². The Balaban J connectivity index is 0.893. The van der Waals surface area contributed by atoms with E-state index < -0.39 is 5.41 Å². The summed E-state index contributed by atoms with van der Waals surface area (Å²) in [5, 5.41) is 2.29. The van der Waals surface area contributed by atoms with Gasteiger partial charge in [0.15, 0.2) is 0 Å². The second kappa shape index (κ2) is 18.9. The maximum atomic E-state index is 7.31. The van der Waals surface area contributed by atoms with Crippen LogP contribution in [0.1, 0.15) is 74.9 Å². The Bertz CT molecular complexity index is 4230. The van der Waals surface area contributed by atoms with Crippen molar-refractivity contribution in [2.24, 2.45) is 0 Å². The third kappa shape index (κ3) is 7.93. The summed E-state index contributed by atoms with van der Waals surface area (Å²) < 4.78 is 9.64. The predicted molar refractivity (Wildman–Crippen MR) is 333 cm³/mol. The zero-order chi connectivity index (χ0) is 54.3. The van der Waals surface area contributed by atoms with Gasteiger partial charge in [0, 0.05) is 51.5 Å². The van der Waals surface area contributed by atoms with Gasteiger partial charge in [-0.25, -0.2) is 4.98 Å². The highest BCUT2D eigenvalue weighted by Crippen LogP contribution is 2.57. The average Bonchev–Trinajstić information content (AvgIpc) is 4.21. The molecule has 1 aliphatic heterocycles. The zero-order valence-corrected chi connectivity index (χ0v) is 46.2. The van der Waals surface area contributed by atoms with Crippen LogP contribution in [0.15, 0.2) is 255 Å². The molecule has 5 heteroatoms. The van der Waals surface area contributed by atoms with Crippen molar-refractivity contribution < 1.29 is 4.74 Å². The first-order chi connectivity index (χ1) is 38.9. The van der Waals surface area contributed by atoms with E-state index in [1.807, 2.05) is 6.20 Å². The fourth-order valence-electron chi connectivity index (χ4n) is 12.9. The molecule has 1 aliphatic carbocycles. The summed E-state index contributed by atoms with van der Waals surface area (Å²) >= 11 is 0. The summed E-state index contributed by atoms with van der Waals surface area (Å²) in [5.74, 6) is 2.42. The third-order valence-electron chi connectivity index (χ3n) is 16.7. The Morgan fingerprint density at radius 1 is 0.438 bits per heavy atom. The number of aromatic nitrogens is 2. The third-order valence-corrected chi connectivity index (χ3v) is 16.7. The van der Waals surface area contributed by atoms with Crippen molar-refractivity contribution in [1.82, 2.24) is 9.55 Å². The van der Waals surface area contributed by atoms with E-state index in [4.69, 9.17) is 9.72 Å². The number of fused-ring (bicyclic) bond motifs is 7. The van der Waals surface area contributed by atoms with Crippen molar-refractivity contribution >= 4 is 44.6 Å². The number of benzene rings is 10. The summed E-state index contributed by atoms with van der Waals surface area (Å²) in [6.45, 7) is 14.3. The van der Waals surface area contributed by atoms with Gasteiger partial charge < -0.3 is 14.5 Å². The zero-order valence-electron chi connectivity index (χ0n) is 46.2. The first-order valence-corrected chi connectivity index (χ1v) is 28.0. The van der Waals surface area contributed by atoms with Crippen LogP contribution in [0.2, 0.25) is 0 Å². The van der Waals surface area contributed by atoms with Crippen LogP contribution in [0.25, 0.3) is 61.0 Å². The van der Waals surface area contributed by atoms with E-state index in [1.54, 1.807) is 0 Å². The van der Waals surface area contributed by atoms with Gasteiger partial charge in [0.05, 0.1) is 33.5 Å². The summed E-state index contributed by atoms with van der Waals surface area (Å²) in [7, 11) is 0. The lowest BCUT2D eigenvalue weighted by molar-refractivity contribution is 0.456. The predicted octanol–water partition coefficient (Wildman–Crippen LogP) is 19.5. The van der Waals surface area contributed by atoms with Gasteiger partial charge in [-0.05, 0) is 122 Å². The van der Waals surface area contributed by atoms with Crippen LogP contribution in [0, 0.1) is 0 Å². The summed E-state index contributed by atoms with van der Waals surface area (Å²) in [5.41, 5.74) is 20.4. The molecule has 2 aromatic heterocycles.